The molecule has 0 heterocycles. The first-order chi connectivity index (χ1) is 5.71. The average Bonchev–Trinajstić information content (AvgIpc) is 1.81. The van der Waals surface area contributed by atoms with Crippen LogP contribution in [0.5, 0.6) is 0 Å². The Morgan fingerprint density at radius 3 is 1.27 bits per heavy atom. The van der Waals surface area contributed by atoms with Crippen molar-refractivity contribution >= 4 is 91.1 Å². The van der Waals surface area contributed by atoms with E-state index in [2.05, 4.69) is 0 Å². The maximum Gasteiger partial charge on any atom is 0.265 e. The molecule has 0 aromatic heterocycles. The smallest absolute Gasteiger partial charge is 0.265 e. The summed E-state index contributed by atoms with van der Waals surface area (Å²) >= 11 is 1.03. The molecule has 0 aliphatic heterocycles. The summed E-state index contributed by atoms with van der Waals surface area (Å²) in [5, 5.41) is 0. The number of hydrogen-bond donors (Lipinski definition) is 2. The molecule has 0 atom stereocenters. The summed E-state index contributed by atoms with van der Waals surface area (Å²) in [7, 11) is -7.95. The molecule has 0 saturated carbocycles. The van der Waals surface area contributed by atoms with Gasteiger partial charge in [0.2, 0.25) is 0 Å². The van der Waals surface area contributed by atoms with Crippen molar-refractivity contribution in [1.82, 2.24) is 0 Å². The Balaban J connectivity index is -0.000000720. The molecule has 0 aliphatic rings. The first kappa shape index (κ1) is 22.4. The van der Waals surface area contributed by atoms with Gasteiger partial charge in [-0.05, 0) is 0 Å². The minimum absolute atomic E-state index is 0. The Morgan fingerprint density at radius 2 is 1.07 bits per heavy atom. The van der Waals surface area contributed by atoms with Gasteiger partial charge < -0.3 is 0 Å². The van der Waals surface area contributed by atoms with Crippen LogP contribution in [-0.4, -0.2) is 108 Å². The summed E-state index contributed by atoms with van der Waals surface area (Å²) in [6.07, 6.45) is 0. The first-order valence-electron chi connectivity index (χ1n) is 3.19. The summed E-state index contributed by atoms with van der Waals surface area (Å²) in [5.74, 6) is -0.616. The Kier molecular flexibility index (Phi) is 15.1. The van der Waals surface area contributed by atoms with Crippen molar-refractivity contribution in [2.24, 2.45) is 0 Å². The molecule has 11 heteroatoms. The Bertz CT molecular complexity index is 301. The fourth-order valence-corrected chi connectivity index (χ4v) is 3.26. The molecule has 15 heavy (non-hydrogen) atoms. The van der Waals surface area contributed by atoms with E-state index in [-0.39, 0.29) is 70.6 Å². The van der Waals surface area contributed by atoms with Crippen LogP contribution in [0.15, 0.2) is 0 Å². The van der Waals surface area contributed by atoms with Gasteiger partial charge in [0.25, 0.3) is 20.2 Å². The van der Waals surface area contributed by atoms with Crippen LogP contribution in [0, 0.1) is 0 Å². The SMILES string of the molecule is O=S(=O)(O)CCSCCS(=O)(=O)O.[Na].[Na]. The van der Waals surface area contributed by atoms with Gasteiger partial charge in [-0.2, -0.15) is 28.6 Å². The third-order valence-electron chi connectivity index (χ3n) is 0.971. The zero-order valence-electron chi connectivity index (χ0n) is 8.58. The van der Waals surface area contributed by atoms with Gasteiger partial charge in [0.15, 0.2) is 0 Å². The van der Waals surface area contributed by atoms with Gasteiger partial charge in [-0.15, -0.1) is 0 Å². The molecule has 0 fully saturated rings. The van der Waals surface area contributed by atoms with E-state index < -0.39 is 31.7 Å². The first-order valence-corrected chi connectivity index (χ1v) is 7.56. The van der Waals surface area contributed by atoms with Crippen molar-refractivity contribution in [2.45, 2.75) is 0 Å². The van der Waals surface area contributed by atoms with Gasteiger partial charge in [0, 0.05) is 70.6 Å². The topological polar surface area (TPSA) is 109 Å². The normalized spacial score (nSPS) is 11.3. The summed E-state index contributed by atoms with van der Waals surface area (Å²) < 4.78 is 57.2. The molecular formula is C4H10Na2O6S3. The van der Waals surface area contributed by atoms with Gasteiger partial charge in [-0.1, -0.05) is 0 Å². The van der Waals surface area contributed by atoms with E-state index in [9.17, 15) is 16.8 Å². The van der Waals surface area contributed by atoms with Crippen LogP contribution in [0.3, 0.4) is 0 Å². The van der Waals surface area contributed by atoms with E-state index >= 15 is 0 Å². The monoisotopic (exact) mass is 296 g/mol. The van der Waals surface area contributed by atoms with E-state index in [4.69, 9.17) is 9.11 Å². The van der Waals surface area contributed by atoms with Crippen LogP contribution in [0.25, 0.3) is 0 Å². The predicted molar refractivity (Wildman–Crippen MR) is 61.7 cm³/mol. The van der Waals surface area contributed by atoms with Gasteiger partial charge in [-0.3, -0.25) is 9.11 Å². The summed E-state index contributed by atoms with van der Waals surface area (Å²) in [6.45, 7) is 0. The maximum atomic E-state index is 10.2. The van der Waals surface area contributed by atoms with E-state index in [0.717, 1.165) is 11.8 Å². The fraction of sp³-hybridized carbons (Fsp3) is 1.00. The minimum Gasteiger partial charge on any atom is -0.286 e. The van der Waals surface area contributed by atoms with Crippen molar-refractivity contribution in [3.63, 3.8) is 0 Å². The number of thioether (sulfide) groups is 1. The maximum absolute atomic E-state index is 10.2. The van der Waals surface area contributed by atoms with Gasteiger partial charge >= 0.3 is 0 Å². The van der Waals surface area contributed by atoms with Crippen molar-refractivity contribution in [3.05, 3.63) is 0 Å². The van der Waals surface area contributed by atoms with E-state index in [0.29, 0.717) is 0 Å². The quantitative estimate of drug-likeness (QED) is 0.357. The molecule has 6 nitrogen and oxygen atoms in total. The molecule has 0 rings (SSSR count). The molecule has 0 spiro atoms. The third kappa shape index (κ3) is 21.9. The van der Waals surface area contributed by atoms with Gasteiger partial charge in [0.1, 0.15) is 0 Å². The molecule has 0 aromatic carbocycles. The van der Waals surface area contributed by atoms with Crippen LogP contribution >= 0.6 is 11.8 Å². The Hall–Kier alpha value is 2.17. The van der Waals surface area contributed by atoms with Crippen LogP contribution < -0.4 is 0 Å². The van der Waals surface area contributed by atoms with E-state index in [1.165, 1.54) is 0 Å². The minimum atomic E-state index is -3.97. The standard InChI is InChI=1S/C4H10O6S3.2Na/c5-12(6,7)3-1-11-2-4-13(8,9)10;;/h1-4H2,(H,5,6,7)(H,8,9,10);;. The third-order valence-corrected chi connectivity index (χ3v) is 3.91. The molecule has 0 aromatic rings. The van der Waals surface area contributed by atoms with Gasteiger partial charge in [-0.25, -0.2) is 0 Å². The van der Waals surface area contributed by atoms with Crippen LogP contribution in [0.2, 0.25) is 0 Å². The zero-order chi connectivity index (χ0) is 10.5. The number of hydrogen-bond acceptors (Lipinski definition) is 5. The molecule has 0 amide bonds. The van der Waals surface area contributed by atoms with Gasteiger partial charge in [0.05, 0.1) is 11.5 Å². The van der Waals surface area contributed by atoms with Crippen LogP contribution in [0.1, 0.15) is 0 Å². The largest absolute Gasteiger partial charge is 0.286 e. The van der Waals surface area contributed by atoms with Crippen molar-refractivity contribution in [2.75, 3.05) is 23.0 Å². The van der Waals surface area contributed by atoms with Crippen LogP contribution in [0.4, 0.5) is 0 Å². The second kappa shape index (κ2) is 10.1. The average molecular weight is 296 g/mol. The second-order valence-electron chi connectivity index (χ2n) is 2.18. The second-order valence-corrected chi connectivity index (χ2v) is 6.55. The van der Waals surface area contributed by atoms with Crippen molar-refractivity contribution in [1.29, 1.82) is 0 Å². The fourth-order valence-electron chi connectivity index (χ4n) is 0.431. The molecule has 0 unspecified atom stereocenters. The number of rotatable bonds is 6. The van der Waals surface area contributed by atoms with E-state index in [1.54, 1.807) is 0 Å². The zero-order valence-corrected chi connectivity index (χ0v) is 15.0. The molecule has 0 aliphatic carbocycles. The summed E-state index contributed by atoms with van der Waals surface area (Å²) in [4.78, 5) is 0. The summed E-state index contributed by atoms with van der Waals surface area (Å²) in [5.41, 5.74) is 0. The molecule has 2 N–H and O–H groups in total. The van der Waals surface area contributed by atoms with Crippen molar-refractivity contribution < 1.29 is 25.9 Å². The van der Waals surface area contributed by atoms with E-state index in [1.807, 2.05) is 0 Å². The van der Waals surface area contributed by atoms with Crippen LogP contribution in [-0.2, 0) is 20.2 Å². The predicted octanol–water partition coefficient (Wildman–Crippen LogP) is -1.27. The molecule has 82 valence electrons. The molecule has 0 saturated heterocycles. The van der Waals surface area contributed by atoms with Crippen molar-refractivity contribution in [3.8, 4) is 0 Å². The molecular weight excluding hydrogens is 286 g/mol. The molecule has 2 radical (unpaired) electrons. The molecule has 0 bridgehead atoms. The summed E-state index contributed by atoms with van der Waals surface area (Å²) in [6, 6.07) is 0. The Morgan fingerprint density at radius 1 is 0.800 bits per heavy atom. The Labute approximate surface area is 138 Å².